The number of aromatic nitrogens is 4. The number of urea groups is 1. The fourth-order valence-corrected chi connectivity index (χ4v) is 4.77. The van der Waals surface area contributed by atoms with Gasteiger partial charge in [0.1, 0.15) is 5.82 Å². The summed E-state index contributed by atoms with van der Waals surface area (Å²) in [5, 5.41) is 9.58. The van der Waals surface area contributed by atoms with E-state index in [0.29, 0.717) is 24.3 Å². The Balaban J connectivity index is 1.49. The van der Waals surface area contributed by atoms with Crippen molar-refractivity contribution in [1.82, 2.24) is 19.7 Å². The second-order valence-electron chi connectivity index (χ2n) is 9.85. The van der Waals surface area contributed by atoms with Gasteiger partial charge in [0.05, 0.1) is 17.6 Å². The van der Waals surface area contributed by atoms with E-state index in [0.717, 1.165) is 40.1 Å². The van der Waals surface area contributed by atoms with Gasteiger partial charge in [-0.1, -0.05) is 44.2 Å². The third-order valence-corrected chi connectivity index (χ3v) is 6.23. The van der Waals surface area contributed by atoms with Gasteiger partial charge >= 0.3 is 6.03 Å². The lowest BCUT2D eigenvalue weighted by molar-refractivity contribution is 0.0911. The molecule has 0 aliphatic heterocycles. The zero-order chi connectivity index (χ0) is 24.6. The molecule has 5 rings (SSSR count). The van der Waals surface area contributed by atoms with Crippen LogP contribution >= 0.6 is 0 Å². The number of pyridine rings is 1. The number of anilines is 2. The first-order valence-electron chi connectivity index (χ1n) is 11.6. The minimum Gasteiger partial charge on any atom is -0.358 e. The van der Waals surface area contributed by atoms with E-state index in [1.54, 1.807) is 30.3 Å². The van der Waals surface area contributed by atoms with Crippen LogP contribution in [0.2, 0.25) is 0 Å². The summed E-state index contributed by atoms with van der Waals surface area (Å²) in [6.45, 7) is 4.25. The van der Waals surface area contributed by atoms with E-state index < -0.39 is 6.03 Å². The van der Waals surface area contributed by atoms with Crippen LogP contribution in [0.25, 0.3) is 11.3 Å². The van der Waals surface area contributed by atoms with Crippen molar-refractivity contribution >= 4 is 23.3 Å². The van der Waals surface area contributed by atoms with E-state index in [4.69, 9.17) is 0 Å². The van der Waals surface area contributed by atoms with Crippen LogP contribution in [0, 0.1) is 5.41 Å². The van der Waals surface area contributed by atoms with Gasteiger partial charge in [-0.3, -0.25) is 14.8 Å². The van der Waals surface area contributed by atoms with Crippen LogP contribution in [0.1, 0.15) is 47.4 Å². The number of aromatic amines is 1. The number of hydrogen-bond donors (Lipinski definition) is 3. The minimum atomic E-state index is -0.408. The number of carbonyl (C=O) groups is 2. The van der Waals surface area contributed by atoms with E-state index in [2.05, 4.69) is 51.7 Å². The van der Waals surface area contributed by atoms with Crippen molar-refractivity contribution in [2.24, 2.45) is 12.5 Å². The fourth-order valence-electron chi connectivity index (χ4n) is 4.77. The zero-order valence-electron chi connectivity index (χ0n) is 20.1. The van der Waals surface area contributed by atoms with Crippen LogP contribution in [0.4, 0.5) is 16.3 Å². The number of fused-ring (bicyclic) bond motifs is 1. The maximum atomic E-state index is 13.2. The molecule has 0 saturated carbocycles. The van der Waals surface area contributed by atoms with Crippen LogP contribution in [-0.4, -0.2) is 31.6 Å². The summed E-state index contributed by atoms with van der Waals surface area (Å²) in [7, 11) is 1.78. The number of H-pyrrole nitrogens is 1. The van der Waals surface area contributed by atoms with Crippen molar-refractivity contribution in [3.05, 3.63) is 83.4 Å². The molecule has 2 amide bonds. The van der Waals surface area contributed by atoms with Gasteiger partial charge in [-0.05, 0) is 35.1 Å². The molecule has 35 heavy (non-hydrogen) atoms. The first kappa shape index (κ1) is 22.6. The molecule has 1 aliphatic rings. The quantitative estimate of drug-likeness (QED) is 0.374. The molecule has 0 saturated heterocycles. The first-order valence-corrected chi connectivity index (χ1v) is 11.6. The van der Waals surface area contributed by atoms with Gasteiger partial charge in [-0.2, -0.15) is 5.10 Å². The molecule has 0 fully saturated rings. The molecular weight excluding hydrogens is 440 g/mol. The molecule has 0 atom stereocenters. The normalized spacial score (nSPS) is 14.4. The molecule has 1 aromatic carbocycles. The zero-order valence-corrected chi connectivity index (χ0v) is 20.1. The summed E-state index contributed by atoms with van der Waals surface area (Å²) in [4.78, 5) is 33.6. The van der Waals surface area contributed by atoms with E-state index in [1.165, 1.54) is 0 Å². The smallest absolute Gasteiger partial charge is 0.324 e. The predicted octanol–water partition coefficient (Wildman–Crippen LogP) is 5.20. The van der Waals surface area contributed by atoms with Crippen LogP contribution < -0.4 is 10.6 Å². The highest BCUT2D eigenvalue weighted by Crippen LogP contribution is 2.40. The standard InChI is InChI=1S/C27H28N6O2/c1-27(2)13-21-24(22(34)14-27)20(11-17-7-5-4-6-8-17)25(31-21)18-9-10-28-23(12-18)32-26(35)30-19-15-29-33(3)16-19/h4-10,12,15-16,31H,11,13-14H2,1-3H3,(H2,28,30,32,35). The summed E-state index contributed by atoms with van der Waals surface area (Å²) in [6, 6.07) is 13.5. The number of nitrogens with one attached hydrogen (secondary N) is 3. The van der Waals surface area contributed by atoms with Gasteiger partial charge in [0.15, 0.2) is 5.78 Å². The lowest BCUT2D eigenvalue weighted by Crippen LogP contribution is -2.27. The number of nitrogens with zero attached hydrogens (tertiary/aromatic N) is 3. The Bertz CT molecular complexity index is 1400. The first-order chi connectivity index (χ1) is 16.8. The third-order valence-electron chi connectivity index (χ3n) is 6.23. The van der Waals surface area contributed by atoms with Crippen LogP contribution in [0.3, 0.4) is 0 Å². The Labute approximate surface area is 203 Å². The van der Waals surface area contributed by atoms with E-state index in [-0.39, 0.29) is 11.2 Å². The molecule has 1 aliphatic carbocycles. The van der Waals surface area contributed by atoms with Gasteiger partial charge in [0, 0.05) is 49.1 Å². The molecule has 3 aromatic heterocycles. The second-order valence-corrected chi connectivity index (χ2v) is 9.85. The number of benzene rings is 1. The largest absolute Gasteiger partial charge is 0.358 e. The maximum absolute atomic E-state index is 13.2. The highest BCUT2D eigenvalue weighted by atomic mass is 16.2. The van der Waals surface area contributed by atoms with Crippen LogP contribution in [-0.2, 0) is 19.9 Å². The number of ketones is 1. The van der Waals surface area contributed by atoms with Crippen LogP contribution in [0.15, 0.2) is 61.1 Å². The van der Waals surface area contributed by atoms with Crippen molar-refractivity contribution in [2.75, 3.05) is 10.6 Å². The van der Waals surface area contributed by atoms with Crippen molar-refractivity contribution < 1.29 is 9.59 Å². The highest BCUT2D eigenvalue weighted by Gasteiger charge is 2.35. The summed E-state index contributed by atoms with van der Waals surface area (Å²) in [5.41, 5.74) is 6.16. The third kappa shape index (κ3) is 4.87. The van der Waals surface area contributed by atoms with Crippen molar-refractivity contribution in [2.45, 2.75) is 33.1 Å². The lowest BCUT2D eigenvalue weighted by Gasteiger charge is -2.28. The van der Waals surface area contributed by atoms with Crippen molar-refractivity contribution in [3.8, 4) is 11.3 Å². The molecule has 4 aromatic rings. The molecule has 8 heteroatoms. The summed E-state index contributed by atoms with van der Waals surface area (Å²) >= 11 is 0. The van der Waals surface area contributed by atoms with Crippen molar-refractivity contribution in [1.29, 1.82) is 0 Å². The Morgan fingerprint density at radius 2 is 1.94 bits per heavy atom. The Kier molecular flexibility index (Phi) is 5.72. The average molecular weight is 469 g/mol. The Hall–Kier alpha value is -4.20. The molecule has 0 bridgehead atoms. The fraction of sp³-hybridized carbons (Fsp3) is 0.259. The second kappa shape index (κ2) is 8.87. The lowest BCUT2D eigenvalue weighted by atomic mass is 9.75. The predicted molar refractivity (Wildman–Crippen MR) is 136 cm³/mol. The van der Waals surface area contributed by atoms with Gasteiger partial charge in [0.25, 0.3) is 0 Å². The topological polar surface area (TPSA) is 105 Å². The Morgan fingerprint density at radius 1 is 1.14 bits per heavy atom. The van der Waals surface area contributed by atoms with Gasteiger partial charge in [0.2, 0.25) is 0 Å². The summed E-state index contributed by atoms with van der Waals surface area (Å²) in [5.74, 6) is 0.585. The number of aryl methyl sites for hydroxylation is 1. The number of Topliss-reactive ketones (excluding diaryl/α,β-unsaturated/α-hetero) is 1. The van der Waals surface area contributed by atoms with Gasteiger partial charge in [-0.25, -0.2) is 9.78 Å². The Morgan fingerprint density at radius 3 is 2.69 bits per heavy atom. The van der Waals surface area contributed by atoms with E-state index >= 15 is 0 Å². The molecule has 0 spiro atoms. The molecule has 0 radical (unpaired) electrons. The number of carbonyl (C=O) groups excluding carboxylic acids is 2. The molecule has 3 heterocycles. The summed E-state index contributed by atoms with van der Waals surface area (Å²) in [6.07, 6.45) is 6.91. The van der Waals surface area contributed by atoms with E-state index in [9.17, 15) is 9.59 Å². The van der Waals surface area contributed by atoms with E-state index in [1.807, 2.05) is 30.3 Å². The minimum absolute atomic E-state index is 0.0917. The molecule has 8 nitrogen and oxygen atoms in total. The number of rotatable bonds is 5. The molecule has 178 valence electrons. The maximum Gasteiger partial charge on any atom is 0.324 e. The SMILES string of the molecule is Cn1cc(NC(=O)Nc2cc(-c3[nH]c4c(c3Cc3ccccc3)C(=O)CC(C)(C)C4)ccn2)cn1. The van der Waals surface area contributed by atoms with Gasteiger partial charge in [-0.15, -0.1) is 0 Å². The molecular formula is C27H28N6O2. The monoisotopic (exact) mass is 468 g/mol. The number of amides is 2. The van der Waals surface area contributed by atoms with Crippen molar-refractivity contribution in [3.63, 3.8) is 0 Å². The molecule has 0 unspecified atom stereocenters. The van der Waals surface area contributed by atoms with Gasteiger partial charge < -0.3 is 10.3 Å². The highest BCUT2D eigenvalue weighted by molar-refractivity contribution is 6.02. The average Bonchev–Trinajstić information content (AvgIpc) is 3.36. The molecule has 3 N–H and O–H groups in total. The summed E-state index contributed by atoms with van der Waals surface area (Å²) < 4.78 is 1.61. The van der Waals surface area contributed by atoms with Crippen LogP contribution in [0.5, 0.6) is 0 Å². The number of hydrogen-bond acceptors (Lipinski definition) is 4.